The SMILES string of the molecule is CC1C(=O)NC(=O)CN1C(=O)CCC1CCCCN1. The topological polar surface area (TPSA) is 78.5 Å². The van der Waals surface area contributed by atoms with Crippen molar-refractivity contribution in [3.05, 3.63) is 0 Å². The number of carbonyl (C=O) groups is 3. The van der Waals surface area contributed by atoms with Crippen LogP contribution in [0.5, 0.6) is 0 Å². The van der Waals surface area contributed by atoms with E-state index in [9.17, 15) is 14.4 Å². The van der Waals surface area contributed by atoms with Crippen LogP contribution in [0.4, 0.5) is 0 Å². The molecule has 3 amide bonds. The third kappa shape index (κ3) is 3.53. The van der Waals surface area contributed by atoms with Crippen molar-refractivity contribution in [1.29, 1.82) is 0 Å². The molecular formula is C13H21N3O3. The molecular weight excluding hydrogens is 246 g/mol. The molecule has 2 rings (SSSR count). The number of nitrogens with one attached hydrogen (secondary N) is 2. The predicted octanol–water partition coefficient (Wildman–Crippen LogP) is -0.218. The van der Waals surface area contributed by atoms with Gasteiger partial charge in [-0.2, -0.15) is 0 Å². The van der Waals surface area contributed by atoms with Gasteiger partial charge in [-0.3, -0.25) is 19.7 Å². The van der Waals surface area contributed by atoms with Gasteiger partial charge in [0.1, 0.15) is 12.6 Å². The number of piperazine rings is 1. The van der Waals surface area contributed by atoms with Gasteiger partial charge < -0.3 is 10.2 Å². The number of hydrogen-bond acceptors (Lipinski definition) is 4. The molecule has 2 N–H and O–H groups in total. The van der Waals surface area contributed by atoms with E-state index >= 15 is 0 Å². The summed E-state index contributed by atoms with van der Waals surface area (Å²) in [5.74, 6) is -0.893. The van der Waals surface area contributed by atoms with Crippen LogP contribution in [0.3, 0.4) is 0 Å². The van der Waals surface area contributed by atoms with Gasteiger partial charge in [0.05, 0.1) is 0 Å². The molecule has 0 aliphatic carbocycles. The van der Waals surface area contributed by atoms with Crippen LogP contribution in [0.15, 0.2) is 0 Å². The molecule has 106 valence electrons. The van der Waals surface area contributed by atoms with E-state index in [1.54, 1.807) is 6.92 Å². The van der Waals surface area contributed by atoms with Crippen molar-refractivity contribution in [2.75, 3.05) is 13.1 Å². The number of hydrogen-bond donors (Lipinski definition) is 2. The normalized spacial score (nSPS) is 28.2. The zero-order chi connectivity index (χ0) is 13.8. The Balaban J connectivity index is 1.84. The van der Waals surface area contributed by atoms with Gasteiger partial charge in [0.25, 0.3) is 0 Å². The van der Waals surface area contributed by atoms with E-state index in [0.717, 1.165) is 19.4 Å². The average Bonchev–Trinajstić information content (AvgIpc) is 2.41. The minimum Gasteiger partial charge on any atom is -0.322 e. The van der Waals surface area contributed by atoms with E-state index in [1.165, 1.54) is 17.7 Å². The maximum absolute atomic E-state index is 12.1. The standard InChI is InChI=1S/C13H21N3O3/c1-9-13(19)15-11(17)8-16(9)12(18)6-5-10-4-2-3-7-14-10/h9-10,14H,2-8H2,1H3,(H,15,17,19). The van der Waals surface area contributed by atoms with E-state index in [2.05, 4.69) is 10.6 Å². The Morgan fingerprint density at radius 3 is 2.84 bits per heavy atom. The fourth-order valence-corrected chi connectivity index (χ4v) is 2.63. The van der Waals surface area contributed by atoms with Gasteiger partial charge in [0, 0.05) is 12.5 Å². The monoisotopic (exact) mass is 267 g/mol. The lowest BCUT2D eigenvalue weighted by Gasteiger charge is -2.32. The molecule has 2 atom stereocenters. The zero-order valence-electron chi connectivity index (χ0n) is 11.3. The summed E-state index contributed by atoms with van der Waals surface area (Å²) in [7, 11) is 0. The first-order valence-electron chi connectivity index (χ1n) is 6.94. The maximum atomic E-state index is 12.1. The molecule has 19 heavy (non-hydrogen) atoms. The number of amides is 3. The van der Waals surface area contributed by atoms with Crippen molar-refractivity contribution in [2.45, 2.75) is 51.1 Å². The van der Waals surface area contributed by atoms with Crippen molar-refractivity contribution >= 4 is 17.7 Å². The summed E-state index contributed by atoms with van der Waals surface area (Å²) in [6, 6.07) is -0.160. The first-order valence-corrected chi connectivity index (χ1v) is 6.94. The molecule has 0 aromatic carbocycles. The van der Waals surface area contributed by atoms with Crippen LogP contribution >= 0.6 is 0 Å². The lowest BCUT2D eigenvalue weighted by atomic mass is 10.00. The van der Waals surface area contributed by atoms with E-state index in [1.807, 2.05) is 0 Å². The van der Waals surface area contributed by atoms with Crippen LogP contribution in [-0.2, 0) is 14.4 Å². The summed E-state index contributed by atoms with van der Waals surface area (Å²) in [6.07, 6.45) is 4.66. The zero-order valence-corrected chi connectivity index (χ0v) is 11.3. The quantitative estimate of drug-likeness (QED) is 0.693. The van der Waals surface area contributed by atoms with Crippen LogP contribution in [0.25, 0.3) is 0 Å². The van der Waals surface area contributed by atoms with Gasteiger partial charge in [-0.05, 0) is 32.7 Å². The van der Waals surface area contributed by atoms with E-state index < -0.39 is 11.9 Å². The molecule has 0 aromatic heterocycles. The highest BCUT2D eigenvalue weighted by molar-refractivity contribution is 6.04. The van der Waals surface area contributed by atoms with Crippen molar-refractivity contribution in [3.8, 4) is 0 Å². The number of rotatable bonds is 3. The first kappa shape index (κ1) is 14.0. The summed E-state index contributed by atoms with van der Waals surface area (Å²) in [5.41, 5.74) is 0. The van der Waals surface area contributed by atoms with Crippen molar-refractivity contribution in [3.63, 3.8) is 0 Å². The van der Waals surface area contributed by atoms with E-state index in [4.69, 9.17) is 0 Å². The van der Waals surface area contributed by atoms with Gasteiger partial charge >= 0.3 is 0 Å². The second-order valence-corrected chi connectivity index (χ2v) is 5.30. The highest BCUT2D eigenvalue weighted by Crippen LogP contribution is 2.14. The molecule has 2 saturated heterocycles. The fraction of sp³-hybridized carbons (Fsp3) is 0.769. The molecule has 0 spiro atoms. The Morgan fingerprint density at radius 1 is 1.37 bits per heavy atom. The third-order valence-corrected chi connectivity index (χ3v) is 3.86. The molecule has 6 heteroatoms. The van der Waals surface area contributed by atoms with Gasteiger partial charge in [0.2, 0.25) is 17.7 Å². The van der Waals surface area contributed by atoms with Crippen molar-refractivity contribution in [1.82, 2.24) is 15.5 Å². The largest absolute Gasteiger partial charge is 0.322 e. The summed E-state index contributed by atoms with van der Waals surface area (Å²) in [6.45, 7) is 2.65. The minimum atomic E-state index is -0.551. The van der Waals surface area contributed by atoms with Gasteiger partial charge in [-0.1, -0.05) is 6.42 Å². The van der Waals surface area contributed by atoms with E-state index in [-0.39, 0.29) is 18.4 Å². The van der Waals surface area contributed by atoms with Crippen LogP contribution in [0.1, 0.15) is 39.0 Å². The number of nitrogens with zero attached hydrogens (tertiary/aromatic N) is 1. The number of piperidine rings is 1. The lowest BCUT2D eigenvalue weighted by molar-refractivity contribution is -0.149. The Bertz CT molecular complexity index is 377. The molecule has 2 heterocycles. The lowest BCUT2D eigenvalue weighted by Crippen LogP contribution is -2.58. The average molecular weight is 267 g/mol. The van der Waals surface area contributed by atoms with Crippen LogP contribution in [0, 0.1) is 0 Å². The van der Waals surface area contributed by atoms with Crippen LogP contribution < -0.4 is 10.6 Å². The second kappa shape index (κ2) is 6.14. The molecule has 0 aromatic rings. The van der Waals surface area contributed by atoms with E-state index in [0.29, 0.717) is 12.5 Å². The molecule has 0 radical (unpaired) electrons. The van der Waals surface area contributed by atoms with Gasteiger partial charge in [0.15, 0.2) is 0 Å². The van der Waals surface area contributed by atoms with Crippen molar-refractivity contribution < 1.29 is 14.4 Å². The molecule has 2 unspecified atom stereocenters. The number of carbonyl (C=O) groups excluding carboxylic acids is 3. The van der Waals surface area contributed by atoms with Crippen LogP contribution in [0.2, 0.25) is 0 Å². The maximum Gasteiger partial charge on any atom is 0.249 e. The van der Waals surface area contributed by atoms with Crippen LogP contribution in [-0.4, -0.2) is 47.8 Å². The summed E-state index contributed by atoms with van der Waals surface area (Å²) < 4.78 is 0. The fourth-order valence-electron chi connectivity index (χ4n) is 2.63. The number of imide groups is 1. The first-order chi connectivity index (χ1) is 9.08. The summed E-state index contributed by atoms with van der Waals surface area (Å²) in [4.78, 5) is 36.3. The van der Waals surface area contributed by atoms with Gasteiger partial charge in [-0.15, -0.1) is 0 Å². The predicted molar refractivity (Wildman–Crippen MR) is 69.2 cm³/mol. The molecule has 2 aliphatic heterocycles. The Kier molecular flexibility index (Phi) is 4.52. The Hall–Kier alpha value is -1.43. The molecule has 0 saturated carbocycles. The van der Waals surface area contributed by atoms with Crippen molar-refractivity contribution in [2.24, 2.45) is 0 Å². The second-order valence-electron chi connectivity index (χ2n) is 5.30. The smallest absolute Gasteiger partial charge is 0.249 e. The molecule has 0 bridgehead atoms. The third-order valence-electron chi connectivity index (χ3n) is 3.86. The summed E-state index contributed by atoms with van der Waals surface area (Å²) in [5, 5.41) is 5.62. The highest BCUT2D eigenvalue weighted by atomic mass is 16.2. The summed E-state index contributed by atoms with van der Waals surface area (Å²) >= 11 is 0. The molecule has 2 fully saturated rings. The van der Waals surface area contributed by atoms with Gasteiger partial charge in [-0.25, -0.2) is 0 Å². The molecule has 6 nitrogen and oxygen atoms in total. The molecule has 2 aliphatic rings. The minimum absolute atomic E-state index is 0.0101. The Labute approximate surface area is 112 Å². The highest BCUT2D eigenvalue weighted by Gasteiger charge is 2.33. The Morgan fingerprint density at radius 2 is 2.16 bits per heavy atom.